The molecule has 0 saturated carbocycles. The quantitative estimate of drug-likeness (QED) is 0.0561. The van der Waals surface area contributed by atoms with Crippen molar-refractivity contribution in [3.8, 4) is 0 Å². The molecule has 0 radical (unpaired) electrons. The zero-order valence-electron chi connectivity index (χ0n) is 27.7. The second kappa shape index (κ2) is 36.7. The highest BCUT2D eigenvalue weighted by Crippen LogP contribution is 2.14. The number of aliphatic hydroxyl groups excluding tert-OH is 1. The van der Waals surface area contributed by atoms with Gasteiger partial charge in [0, 0.05) is 6.42 Å². The Hall–Kier alpha value is -1.36. The second-order valence-corrected chi connectivity index (χ2v) is 12.1. The Balaban J connectivity index is 0. The minimum Gasteiger partial charge on any atom is -0.383 e. The van der Waals surface area contributed by atoms with Crippen molar-refractivity contribution < 1.29 is 14.7 Å². The van der Waals surface area contributed by atoms with E-state index in [9.17, 15) is 14.7 Å². The van der Waals surface area contributed by atoms with Gasteiger partial charge in [-0.15, -0.1) is 0 Å². The number of carbonyl (C=O) groups excluding carboxylic acids is 2. The summed E-state index contributed by atoms with van der Waals surface area (Å²) in [5.41, 5.74) is 10.1. The summed E-state index contributed by atoms with van der Waals surface area (Å²) in [7, 11) is 0. The van der Waals surface area contributed by atoms with Crippen LogP contribution in [0.5, 0.6) is 0 Å². The van der Waals surface area contributed by atoms with Gasteiger partial charge >= 0.3 is 0 Å². The van der Waals surface area contributed by atoms with Gasteiger partial charge in [-0.1, -0.05) is 167 Å². The topological polar surface area (TPSA) is 106 Å². The van der Waals surface area contributed by atoms with Crippen LogP contribution in [0, 0.1) is 0 Å². The van der Waals surface area contributed by atoms with Crippen LogP contribution in [-0.2, 0) is 9.59 Å². The molecule has 0 aromatic heterocycles. The Labute approximate surface area is 256 Å². The summed E-state index contributed by atoms with van der Waals surface area (Å²) >= 11 is 0. The number of rotatable bonds is 31. The number of hydrogen-bond acceptors (Lipinski definition) is 3. The van der Waals surface area contributed by atoms with Crippen molar-refractivity contribution in [1.29, 1.82) is 0 Å². The van der Waals surface area contributed by atoms with Gasteiger partial charge in [-0.05, 0) is 38.5 Å². The molecule has 1 unspecified atom stereocenters. The van der Waals surface area contributed by atoms with Crippen molar-refractivity contribution in [3.63, 3.8) is 0 Å². The van der Waals surface area contributed by atoms with Crippen LogP contribution in [0.4, 0.5) is 0 Å². The SMILES string of the molecule is CCCCCCCC/C=C\CCCCCCCC(N)=O.CCCCCCCCCCCCCCCCC(O)C(N)=O. The van der Waals surface area contributed by atoms with Gasteiger partial charge in [0.1, 0.15) is 6.10 Å². The minimum absolute atomic E-state index is 0.164. The fraction of sp³-hybridized carbons (Fsp3) is 0.889. The Kier molecular flexibility index (Phi) is 37.4. The molecule has 0 aromatic rings. The van der Waals surface area contributed by atoms with E-state index in [1.807, 2.05) is 0 Å². The maximum atomic E-state index is 10.6. The molecule has 0 spiro atoms. The van der Waals surface area contributed by atoms with E-state index in [1.165, 1.54) is 148 Å². The Morgan fingerprint density at radius 1 is 0.512 bits per heavy atom. The standard InChI is InChI=1S/C18H37NO2.C18H35NO/c1-2-3-4-5-6-7-8-9-10-11-12-13-14-15-16-17(20)18(19)21;1-2-3-4-5-6-7-8-9-10-11-12-13-14-15-16-17-18(19)20/h17,20H,2-16H2,1H3,(H2,19,21);9-10H,2-8,11-17H2,1H3,(H2,19,20)/b;10-9-. The van der Waals surface area contributed by atoms with Crippen molar-refractivity contribution >= 4 is 11.8 Å². The van der Waals surface area contributed by atoms with Gasteiger partial charge in [0.15, 0.2) is 0 Å². The van der Waals surface area contributed by atoms with Crippen LogP contribution in [0.3, 0.4) is 0 Å². The van der Waals surface area contributed by atoms with Crippen LogP contribution in [0.25, 0.3) is 0 Å². The maximum Gasteiger partial charge on any atom is 0.246 e. The van der Waals surface area contributed by atoms with E-state index in [-0.39, 0.29) is 5.91 Å². The molecule has 0 rings (SSSR count). The zero-order valence-corrected chi connectivity index (χ0v) is 27.7. The lowest BCUT2D eigenvalue weighted by atomic mass is 10.0. The summed E-state index contributed by atoms with van der Waals surface area (Å²) < 4.78 is 0. The predicted octanol–water partition coefficient (Wildman–Crippen LogP) is 10.2. The van der Waals surface area contributed by atoms with Gasteiger partial charge < -0.3 is 16.6 Å². The van der Waals surface area contributed by atoms with E-state index in [0.717, 1.165) is 25.7 Å². The molecular formula is C36H72N2O3. The summed E-state index contributed by atoms with van der Waals surface area (Å²) in [4.78, 5) is 21.2. The molecule has 5 heteroatoms. The van der Waals surface area contributed by atoms with E-state index in [2.05, 4.69) is 26.0 Å². The molecule has 5 N–H and O–H groups in total. The van der Waals surface area contributed by atoms with E-state index in [0.29, 0.717) is 12.8 Å². The van der Waals surface area contributed by atoms with Crippen molar-refractivity contribution in [2.24, 2.45) is 11.5 Å². The lowest BCUT2D eigenvalue weighted by Crippen LogP contribution is -2.27. The van der Waals surface area contributed by atoms with Crippen molar-refractivity contribution in [3.05, 3.63) is 12.2 Å². The number of unbranched alkanes of at least 4 members (excludes halogenated alkanes) is 24. The molecule has 41 heavy (non-hydrogen) atoms. The zero-order chi connectivity index (χ0) is 30.7. The van der Waals surface area contributed by atoms with Crippen molar-refractivity contribution in [2.75, 3.05) is 0 Å². The lowest BCUT2D eigenvalue weighted by Gasteiger charge is -2.06. The third-order valence-corrected chi connectivity index (χ3v) is 7.84. The van der Waals surface area contributed by atoms with Crippen LogP contribution in [0.15, 0.2) is 12.2 Å². The summed E-state index contributed by atoms with van der Waals surface area (Å²) in [5.74, 6) is -0.757. The van der Waals surface area contributed by atoms with E-state index < -0.39 is 12.0 Å². The number of aliphatic hydroxyl groups is 1. The summed E-state index contributed by atoms with van der Waals surface area (Å²) in [6.07, 6.45) is 39.9. The first-order valence-corrected chi connectivity index (χ1v) is 17.9. The first-order chi connectivity index (χ1) is 20.0. The first kappa shape index (κ1) is 41.8. The molecule has 1 atom stereocenters. The molecule has 0 aliphatic carbocycles. The second-order valence-electron chi connectivity index (χ2n) is 12.1. The Morgan fingerprint density at radius 3 is 1.17 bits per heavy atom. The molecule has 0 fully saturated rings. The normalized spacial score (nSPS) is 11.9. The van der Waals surface area contributed by atoms with E-state index in [1.54, 1.807) is 0 Å². The monoisotopic (exact) mass is 581 g/mol. The van der Waals surface area contributed by atoms with Crippen LogP contribution >= 0.6 is 0 Å². The van der Waals surface area contributed by atoms with E-state index >= 15 is 0 Å². The molecule has 0 aliphatic rings. The molecule has 5 nitrogen and oxygen atoms in total. The summed E-state index contributed by atoms with van der Waals surface area (Å²) in [6, 6.07) is 0. The third-order valence-electron chi connectivity index (χ3n) is 7.84. The number of carbonyl (C=O) groups is 2. The number of amides is 2. The molecule has 0 heterocycles. The van der Waals surface area contributed by atoms with E-state index in [4.69, 9.17) is 11.5 Å². The predicted molar refractivity (Wildman–Crippen MR) is 179 cm³/mol. The molecule has 0 aliphatic heterocycles. The molecule has 0 aromatic carbocycles. The number of hydrogen-bond donors (Lipinski definition) is 3. The summed E-state index contributed by atoms with van der Waals surface area (Å²) in [6.45, 7) is 4.53. The number of nitrogens with two attached hydrogens (primary N) is 2. The highest BCUT2D eigenvalue weighted by molar-refractivity contribution is 5.78. The van der Waals surface area contributed by atoms with Crippen LogP contribution in [0.1, 0.15) is 200 Å². The van der Waals surface area contributed by atoms with Gasteiger partial charge in [-0.2, -0.15) is 0 Å². The average molecular weight is 581 g/mol. The van der Waals surface area contributed by atoms with Gasteiger partial charge in [-0.25, -0.2) is 0 Å². The molecular weight excluding hydrogens is 508 g/mol. The minimum atomic E-state index is -0.942. The van der Waals surface area contributed by atoms with Crippen LogP contribution in [-0.4, -0.2) is 23.0 Å². The van der Waals surface area contributed by atoms with Crippen LogP contribution < -0.4 is 11.5 Å². The highest BCUT2D eigenvalue weighted by Gasteiger charge is 2.09. The first-order valence-electron chi connectivity index (χ1n) is 17.9. The fourth-order valence-electron chi connectivity index (χ4n) is 5.04. The smallest absolute Gasteiger partial charge is 0.246 e. The maximum absolute atomic E-state index is 10.6. The highest BCUT2D eigenvalue weighted by atomic mass is 16.3. The third kappa shape index (κ3) is 40.8. The number of allylic oxidation sites excluding steroid dienone is 2. The Bertz CT molecular complexity index is 565. The summed E-state index contributed by atoms with van der Waals surface area (Å²) in [5, 5.41) is 9.24. The lowest BCUT2D eigenvalue weighted by molar-refractivity contribution is -0.126. The van der Waals surface area contributed by atoms with Crippen LogP contribution in [0.2, 0.25) is 0 Å². The van der Waals surface area contributed by atoms with Gasteiger partial charge in [0.2, 0.25) is 11.8 Å². The van der Waals surface area contributed by atoms with Gasteiger partial charge in [0.25, 0.3) is 0 Å². The fourth-order valence-corrected chi connectivity index (χ4v) is 5.04. The molecule has 0 saturated heterocycles. The Morgan fingerprint density at radius 2 is 0.829 bits per heavy atom. The average Bonchev–Trinajstić information content (AvgIpc) is 2.95. The molecule has 2 amide bonds. The number of primary amides is 2. The van der Waals surface area contributed by atoms with Gasteiger partial charge in [0.05, 0.1) is 0 Å². The van der Waals surface area contributed by atoms with Crippen molar-refractivity contribution in [2.45, 2.75) is 206 Å². The molecule has 0 bridgehead atoms. The largest absolute Gasteiger partial charge is 0.383 e. The van der Waals surface area contributed by atoms with Gasteiger partial charge in [-0.3, -0.25) is 9.59 Å². The molecule has 244 valence electrons. The van der Waals surface area contributed by atoms with Crippen molar-refractivity contribution in [1.82, 2.24) is 0 Å².